The number of pyridine rings is 1. The second-order valence-electron chi connectivity index (χ2n) is 13.5. The summed E-state index contributed by atoms with van der Waals surface area (Å²) in [6, 6.07) is 4.04. The van der Waals surface area contributed by atoms with Gasteiger partial charge in [0.1, 0.15) is 18.1 Å². The smallest absolute Gasteiger partial charge is 0.319 e. The largest absolute Gasteiger partial charge is 0.450 e. The summed E-state index contributed by atoms with van der Waals surface area (Å²) in [5, 5.41) is 5.79. The van der Waals surface area contributed by atoms with E-state index < -0.39 is 31.5 Å². The van der Waals surface area contributed by atoms with E-state index >= 15 is 8.78 Å². The molecule has 1 aromatic carbocycles. The number of rotatable bonds is 12. The van der Waals surface area contributed by atoms with Gasteiger partial charge in [-0.25, -0.2) is 18.6 Å². The van der Waals surface area contributed by atoms with E-state index in [4.69, 9.17) is 14.2 Å². The fraction of sp³-hybridized carbons (Fsp3) is 0.485. The van der Waals surface area contributed by atoms with E-state index in [9.17, 15) is 9.59 Å². The molecule has 2 aliphatic heterocycles. The summed E-state index contributed by atoms with van der Waals surface area (Å²) in [5.41, 5.74) is 2.14. The number of nitrogens with one attached hydrogen (secondary N) is 2. The highest BCUT2D eigenvalue weighted by atomic mass is 28.3. The summed E-state index contributed by atoms with van der Waals surface area (Å²) in [4.78, 5) is 31.0. The van der Waals surface area contributed by atoms with Gasteiger partial charge in [0.2, 0.25) is 5.91 Å². The Bertz CT molecular complexity index is 1610. The minimum atomic E-state index is -1.29. The monoisotopic (exact) mass is 655 g/mol. The zero-order chi connectivity index (χ0) is 33.1. The second-order valence-corrected chi connectivity index (χ2v) is 19.1. The van der Waals surface area contributed by atoms with E-state index in [0.29, 0.717) is 63.3 Å². The highest BCUT2D eigenvalue weighted by molar-refractivity contribution is 6.76. The number of benzene rings is 1. The van der Waals surface area contributed by atoms with Crippen LogP contribution in [0.5, 0.6) is 11.5 Å². The molecule has 3 aromatic rings. The topological polar surface area (TPSA) is 107 Å². The molecule has 0 radical (unpaired) electrons. The Hall–Kier alpha value is -3.81. The maximum absolute atomic E-state index is 15.4. The van der Waals surface area contributed by atoms with E-state index in [-0.39, 0.29) is 29.5 Å². The predicted octanol–water partition coefficient (Wildman–Crippen LogP) is 6.60. The normalized spacial score (nSPS) is 16.2. The number of aromatic nitrogens is 2. The number of ether oxygens (including phenoxy) is 3. The van der Waals surface area contributed by atoms with Crippen LogP contribution >= 0.6 is 0 Å². The average molecular weight is 656 g/mol. The number of nitrogens with zero attached hydrogens (tertiary/aromatic N) is 3. The molecule has 0 bridgehead atoms. The second kappa shape index (κ2) is 13.9. The van der Waals surface area contributed by atoms with Crippen LogP contribution in [-0.2, 0) is 21.0 Å². The maximum Gasteiger partial charge on any atom is 0.319 e. The molecule has 248 valence electrons. The van der Waals surface area contributed by atoms with Crippen LogP contribution in [0.25, 0.3) is 16.6 Å². The number of halogens is 2. The molecular formula is C33H43F2N5O5Si. The summed E-state index contributed by atoms with van der Waals surface area (Å²) in [6.45, 7) is 14.0. The van der Waals surface area contributed by atoms with Crippen molar-refractivity contribution in [3.63, 3.8) is 0 Å². The molecule has 1 saturated heterocycles. The van der Waals surface area contributed by atoms with Crippen LogP contribution in [0, 0.1) is 17.0 Å². The molecule has 2 aromatic heterocycles. The van der Waals surface area contributed by atoms with Gasteiger partial charge in [0.25, 0.3) is 0 Å². The molecule has 46 heavy (non-hydrogen) atoms. The predicted molar refractivity (Wildman–Crippen MR) is 176 cm³/mol. The number of amides is 3. The molecule has 10 nitrogen and oxygen atoms in total. The highest BCUT2D eigenvalue weighted by Gasteiger charge is 2.33. The average Bonchev–Trinajstić information content (AvgIpc) is 3.37. The lowest BCUT2D eigenvalue weighted by Crippen LogP contribution is -2.49. The Balaban J connectivity index is 1.41. The number of hydrogen-bond donors (Lipinski definition) is 2. The molecule has 13 heteroatoms. The lowest BCUT2D eigenvalue weighted by molar-refractivity contribution is -0.130. The van der Waals surface area contributed by atoms with Crippen molar-refractivity contribution in [3.05, 3.63) is 53.9 Å². The van der Waals surface area contributed by atoms with Crippen LogP contribution in [-0.4, -0.2) is 73.9 Å². The Morgan fingerprint density at radius 3 is 2.52 bits per heavy atom. The summed E-state index contributed by atoms with van der Waals surface area (Å²) in [6.07, 6.45) is 6.50. The lowest BCUT2D eigenvalue weighted by Gasteiger charge is -2.37. The van der Waals surface area contributed by atoms with E-state index in [1.807, 2.05) is 30.7 Å². The number of carbonyl (C=O) groups is 2. The first-order valence-electron chi connectivity index (χ1n) is 15.7. The van der Waals surface area contributed by atoms with E-state index in [1.165, 1.54) is 6.20 Å². The van der Waals surface area contributed by atoms with Gasteiger partial charge in [0.15, 0.2) is 17.4 Å². The summed E-state index contributed by atoms with van der Waals surface area (Å²) in [5.74, 6) is -2.23. The molecule has 2 aliphatic rings. The minimum absolute atomic E-state index is 0.0458. The Kier molecular flexibility index (Phi) is 10.1. The number of fused-ring (bicyclic) bond motifs is 1. The third-order valence-corrected chi connectivity index (χ3v) is 9.91. The van der Waals surface area contributed by atoms with Crippen molar-refractivity contribution in [2.45, 2.75) is 59.1 Å². The molecule has 1 fully saturated rings. The summed E-state index contributed by atoms with van der Waals surface area (Å²) >= 11 is 0. The standard InChI is InChI=1S/C33H43F2N5O5Si/c1-6-28(41)39-11-8-22(9-12-39)24-17-40(21-43-13-14-46(3,4)5)31-29(24)27(7-10-36-31)45-30-25(34)15-23(16-26(30)35)38-32(42)37-18-33(2)19-44-20-33/h7-8,10,15-17H,6,9,11-14,18-21H2,1-5H3,(H2,37,38,42). The molecule has 3 amide bonds. The molecular weight excluding hydrogens is 612 g/mol. The quantitative estimate of drug-likeness (QED) is 0.168. The van der Waals surface area contributed by atoms with Crippen LogP contribution in [0.4, 0.5) is 19.3 Å². The third kappa shape index (κ3) is 7.94. The van der Waals surface area contributed by atoms with Crippen LogP contribution in [0.15, 0.2) is 36.7 Å². The van der Waals surface area contributed by atoms with E-state index in [2.05, 4.69) is 35.3 Å². The molecule has 0 atom stereocenters. The lowest BCUT2D eigenvalue weighted by atomic mass is 9.89. The van der Waals surface area contributed by atoms with Crippen molar-refractivity contribution in [2.24, 2.45) is 5.41 Å². The molecule has 5 rings (SSSR count). The number of hydrogen-bond acceptors (Lipinski definition) is 6. The molecule has 0 spiro atoms. The Morgan fingerprint density at radius 2 is 1.91 bits per heavy atom. The van der Waals surface area contributed by atoms with Crippen LogP contribution in [0.2, 0.25) is 25.7 Å². The molecule has 0 saturated carbocycles. The number of carbonyl (C=O) groups excluding carboxylic acids is 2. The van der Waals surface area contributed by atoms with Crippen molar-refractivity contribution in [1.82, 2.24) is 19.8 Å². The van der Waals surface area contributed by atoms with E-state index in [1.54, 1.807) is 11.0 Å². The van der Waals surface area contributed by atoms with Gasteiger partial charge in [-0.3, -0.25) is 4.79 Å². The fourth-order valence-corrected chi connectivity index (χ4v) is 6.14. The Morgan fingerprint density at radius 1 is 1.17 bits per heavy atom. The molecule has 4 heterocycles. The zero-order valence-corrected chi connectivity index (χ0v) is 28.2. The first-order valence-corrected chi connectivity index (χ1v) is 19.4. The summed E-state index contributed by atoms with van der Waals surface area (Å²) < 4.78 is 49.8. The number of urea groups is 1. The maximum atomic E-state index is 15.4. The first-order chi connectivity index (χ1) is 21.9. The van der Waals surface area contributed by atoms with Gasteiger partial charge in [-0.1, -0.05) is 39.6 Å². The van der Waals surface area contributed by atoms with Crippen molar-refractivity contribution in [1.29, 1.82) is 0 Å². The SMILES string of the molecule is CCC(=O)N1CC=C(c2cn(COCC[Si](C)(C)C)c3nccc(Oc4c(F)cc(NC(=O)NCC5(C)COC5)cc4F)c23)CC1. The zero-order valence-electron chi connectivity index (χ0n) is 27.2. The Labute approximate surface area is 269 Å². The highest BCUT2D eigenvalue weighted by Crippen LogP contribution is 2.39. The van der Waals surface area contributed by atoms with Crippen molar-refractivity contribution < 1.29 is 32.6 Å². The van der Waals surface area contributed by atoms with Gasteiger partial charge < -0.3 is 34.3 Å². The third-order valence-electron chi connectivity index (χ3n) is 8.20. The van der Waals surface area contributed by atoms with Crippen LogP contribution in [0.1, 0.15) is 32.3 Å². The van der Waals surface area contributed by atoms with Gasteiger partial charge in [-0.05, 0) is 24.1 Å². The van der Waals surface area contributed by atoms with Crippen LogP contribution in [0.3, 0.4) is 0 Å². The molecule has 2 N–H and O–H groups in total. The van der Waals surface area contributed by atoms with E-state index in [0.717, 1.165) is 29.3 Å². The summed E-state index contributed by atoms with van der Waals surface area (Å²) in [7, 11) is -1.29. The van der Waals surface area contributed by atoms with Crippen molar-refractivity contribution >= 4 is 42.3 Å². The van der Waals surface area contributed by atoms with Crippen LogP contribution < -0.4 is 15.4 Å². The minimum Gasteiger partial charge on any atom is -0.450 e. The first kappa shape index (κ1) is 33.5. The van der Waals surface area contributed by atoms with Gasteiger partial charge in [0, 0.05) is 81.9 Å². The van der Waals surface area contributed by atoms with Crippen molar-refractivity contribution in [2.75, 3.05) is 44.8 Å². The van der Waals surface area contributed by atoms with Gasteiger partial charge in [-0.15, -0.1) is 0 Å². The number of anilines is 1. The van der Waals surface area contributed by atoms with Gasteiger partial charge in [-0.2, -0.15) is 0 Å². The van der Waals surface area contributed by atoms with Gasteiger partial charge >= 0.3 is 6.03 Å². The van der Waals surface area contributed by atoms with Crippen molar-refractivity contribution in [3.8, 4) is 11.5 Å². The fourth-order valence-electron chi connectivity index (χ4n) is 5.38. The van der Waals surface area contributed by atoms with Gasteiger partial charge in [0.05, 0.1) is 18.6 Å². The molecule has 0 aliphatic carbocycles. The molecule has 0 unspecified atom stereocenters.